The van der Waals surface area contributed by atoms with Crippen LogP contribution >= 0.6 is 0 Å². The van der Waals surface area contributed by atoms with Crippen molar-refractivity contribution in [2.45, 2.75) is 46.6 Å². The van der Waals surface area contributed by atoms with Gasteiger partial charge in [-0.05, 0) is 12.0 Å². The Balaban J connectivity index is 2.43. The minimum atomic E-state index is 0.147. The Bertz CT molecular complexity index is 388. The SMILES string of the molecule is CCNC(Cc1nc(CCOCCOC)no1)C(C)(C)C. The molecule has 0 aliphatic heterocycles. The second kappa shape index (κ2) is 9.12. The lowest BCUT2D eigenvalue weighted by molar-refractivity contribution is 0.0714. The molecule has 1 heterocycles. The van der Waals surface area contributed by atoms with Crippen molar-refractivity contribution in [2.75, 3.05) is 33.5 Å². The standard InChI is InChI=1S/C15H29N3O3/c1-6-16-12(15(2,3)4)11-14-17-13(18-21-14)7-8-20-10-9-19-5/h12,16H,6-11H2,1-5H3. The van der Waals surface area contributed by atoms with Gasteiger partial charge in [-0.2, -0.15) is 4.98 Å². The number of nitrogens with zero attached hydrogens (tertiary/aromatic N) is 2. The van der Waals surface area contributed by atoms with Gasteiger partial charge in [0.2, 0.25) is 5.89 Å². The molecule has 0 aliphatic rings. The Labute approximate surface area is 127 Å². The van der Waals surface area contributed by atoms with E-state index in [1.807, 2.05) is 0 Å². The van der Waals surface area contributed by atoms with Crippen LogP contribution in [0.3, 0.4) is 0 Å². The van der Waals surface area contributed by atoms with Gasteiger partial charge in [0.15, 0.2) is 5.82 Å². The lowest BCUT2D eigenvalue weighted by Gasteiger charge is -2.30. The van der Waals surface area contributed by atoms with Crippen molar-refractivity contribution in [2.24, 2.45) is 5.41 Å². The second-order valence-corrected chi connectivity index (χ2v) is 6.14. The zero-order chi connectivity index (χ0) is 15.7. The Morgan fingerprint density at radius 3 is 2.62 bits per heavy atom. The molecule has 1 rings (SSSR count). The number of likely N-dealkylation sites (N-methyl/N-ethyl adjacent to an activating group) is 1. The average molecular weight is 299 g/mol. The smallest absolute Gasteiger partial charge is 0.228 e. The zero-order valence-corrected chi connectivity index (χ0v) is 13.9. The highest BCUT2D eigenvalue weighted by molar-refractivity contribution is 4.93. The van der Waals surface area contributed by atoms with Crippen molar-refractivity contribution >= 4 is 0 Å². The number of hydrogen-bond donors (Lipinski definition) is 1. The molecule has 0 bridgehead atoms. The highest BCUT2D eigenvalue weighted by Crippen LogP contribution is 2.22. The summed E-state index contributed by atoms with van der Waals surface area (Å²) in [4.78, 5) is 4.43. The van der Waals surface area contributed by atoms with Gasteiger partial charge in [0, 0.05) is 26.0 Å². The van der Waals surface area contributed by atoms with E-state index in [1.165, 1.54) is 0 Å². The van der Waals surface area contributed by atoms with E-state index < -0.39 is 0 Å². The van der Waals surface area contributed by atoms with Crippen LogP contribution in [0.5, 0.6) is 0 Å². The van der Waals surface area contributed by atoms with E-state index in [0.717, 1.165) is 13.0 Å². The summed E-state index contributed by atoms with van der Waals surface area (Å²) in [6.45, 7) is 11.4. The number of methoxy groups -OCH3 is 1. The van der Waals surface area contributed by atoms with Gasteiger partial charge in [-0.3, -0.25) is 0 Å². The molecule has 122 valence electrons. The van der Waals surface area contributed by atoms with Gasteiger partial charge < -0.3 is 19.3 Å². The van der Waals surface area contributed by atoms with Gasteiger partial charge in [-0.1, -0.05) is 32.9 Å². The summed E-state index contributed by atoms with van der Waals surface area (Å²) in [6.07, 6.45) is 1.41. The van der Waals surface area contributed by atoms with Crippen LogP contribution in [0.1, 0.15) is 39.4 Å². The van der Waals surface area contributed by atoms with Crippen LogP contribution in [0.2, 0.25) is 0 Å². The molecule has 1 atom stereocenters. The highest BCUT2D eigenvalue weighted by Gasteiger charge is 2.26. The van der Waals surface area contributed by atoms with Crippen LogP contribution in [-0.2, 0) is 22.3 Å². The minimum absolute atomic E-state index is 0.147. The molecule has 1 N–H and O–H groups in total. The fraction of sp³-hybridized carbons (Fsp3) is 0.867. The summed E-state index contributed by atoms with van der Waals surface area (Å²) >= 11 is 0. The number of ether oxygens (including phenoxy) is 2. The van der Waals surface area contributed by atoms with E-state index in [4.69, 9.17) is 14.0 Å². The Morgan fingerprint density at radius 2 is 2.00 bits per heavy atom. The van der Waals surface area contributed by atoms with Crippen molar-refractivity contribution in [1.82, 2.24) is 15.5 Å². The topological polar surface area (TPSA) is 69.4 Å². The van der Waals surface area contributed by atoms with E-state index in [1.54, 1.807) is 7.11 Å². The van der Waals surface area contributed by atoms with Crippen LogP contribution in [-0.4, -0.2) is 49.7 Å². The predicted molar refractivity (Wildman–Crippen MR) is 81.3 cm³/mol. The summed E-state index contributed by atoms with van der Waals surface area (Å²) < 4.78 is 15.7. The molecule has 1 aromatic heterocycles. The number of hydrogen-bond acceptors (Lipinski definition) is 6. The predicted octanol–water partition coefficient (Wildman–Crippen LogP) is 1.84. The Morgan fingerprint density at radius 1 is 1.24 bits per heavy atom. The second-order valence-electron chi connectivity index (χ2n) is 6.14. The number of aromatic nitrogens is 2. The Kier molecular flexibility index (Phi) is 7.85. The van der Waals surface area contributed by atoms with Crippen LogP contribution in [0.15, 0.2) is 4.52 Å². The van der Waals surface area contributed by atoms with Crippen molar-refractivity contribution in [1.29, 1.82) is 0 Å². The van der Waals surface area contributed by atoms with Crippen LogP contribution in [0.25, 0.3) is 0 Å². The molecule has 0 radical (unpaired) electrons. The lowest BCUT2D eigenvalue weighted by Crippen LogP contribution is -2.41. The van der Waals surface area contributed by atoms with Gasteiger partial charge >= 0.3 is 0 Å². The average Bonchev–Trinajstić information content (AvgIpc) is 2.85. The van der Waals surface area contributed by atoms with Gasteiger partial charge in [-0.15, -0.1) is 0 Å². The van der Waals surface area contributed by atoms with Crippen LogP contribution < -0.4 is 5.32 Å². The minimum Gasteiger partial charge on any atom is -0.382 e. The first-order valence-corrected chi connectivity index (χ1v) is 7.59. The monoisotopic (exact) mass is 299 g/mol. The molecule has 6 heteroatoms. The molecular weight excluding hydrogens is 270 g/mol. The molecule has 0 saturated carbocycles. The number of rotatable bonds is 10. The molecule has 1 aromatic rings. The van der Waals surface area contributed by atoms with Crippen molar-refractivity contribution in [3.05, 3.63) is 11.7 Å². The van der Waals surface area contributed by atoms with E-state index in [-0.39, 0.29) is 5.41 Å². The lowest BCUT2D eigenvalue weighted by atomic mass is 9.84. The third kappa shape index (κ3) is 7.02. The highest BCUT2D eigenvalue weighted by atomic mass is 16.5. The first-order valence-electron chi connectivity index (χ1n) is 7.59. The van der Waals surface area contributed by atoms with Crippen LogP contribution in [0.4, 0.5) is 0 Å². The molecule has 0 amide bonds. The Hall–Kier alpha value is -0.980. The normalized spacial score (nSPS) is 13.6. The molecule has 0 fully saturated rings. The quantitative estimate of drug-likeness (QED) is 0.665. The molecule has 21 heavy (non-hydrogen) atoms. The van der Waals surface area contributed by atoms with Crippen molar-refractivity contribution in [3.63, 3.8) is 0 Å². The third-order valence-corrected chi connectivity index (χ3v) is 3.29. The van der Waals surface area contributed by atoms with Gasteiger partial charge in [0.05, 0.1) is 19.8 Å². The summed E-state index contributed by atoms with van der Waals surface area (Å²) in [7, 11) is 1.66. The molecule has 6 nitrogen and oxygen atoms in total. The molecule has 1 unspecified atom stereocenters. The first-order chi connectivity index (χ1) is 9.97. The molecule has 0 aliphatic carbocycles. The van der Waals surface area contributed by atoms with Gasteiger partial charge in [-0.25, -0.2) is 0 Å². The maximum Gasteiger partial charge on any atom is 0.228 e. The maximum atomic E-state index is 5.40. The summed E-state index contributed by atoms with van der Waals surface area (Å²) in [5, 5.41) is 7.48. The summed E-state index contributed by atoms with van der Waals surface area (Å²) in [6, 6.07) is 0.314. The van der Waals surface area contributed by atoms with Crippen molar-refractivity contribution in [3.8, 4) is 0 Å². The third-order valence-electron chi connectivity index (χ3n) is 3.29. The van der Waals surface area contributed by atoms with E-state index in [2.05, 4.69) is 43.2 Å². The van der Waals surface area contributed by atoms with Crippen molar-refractivity contribution < 1.29 is 14.0 Å². The molecule has 0 spiro atoms. The maximum absolute atomic E-state index is 5.40. The van der Waals surface area contributed by atoms with E-state index >= 15 is 0 Å². The van der Waals surface area contributed by atoms with Crippen LogP contribution in [0, 0.1) is 5.41 Å². The fourth-order valence-corrected chi connectivity index (χ4v) is 1.99. The molecule has 0 aromatic carbocycles. The van der Waals surface area contributed by atoms with Gasteiger partial charge in [0.25, 0.3) is 0 Å². The number of nitrogens with one attached hydrogen (secondary N) is 1. The van der Waals surface area contributed by atoms with Gasteiger partial charge in [0.1, 0.15) is 0 Å². The zero-order valence-electron chi connectivity index (χ0n) is 13.9. The van der Waals surface area contributed by atoms with E-state index in [0.29, 0.717) is 44.0 Å². The fourth-order valence-electron chi connectivity index (χ4n) is 1.99. The molecular formula is C15H29N3O3. The summed E-state index contributed by atoms with van der Waals surface area (Å²) in [5.41, 5.74) is 0.147. The summed E-state index contributed by atoms with van der Waals surface area (Å²) in [5.74, 6) is 1.38. The molecule has 0 saturated heterocycles. The first kappa shape index (κ1) is 18.1. The van der Waals surface area contributed by atoms with E-state index in [9.17, 15) is 0 Å². The largest absolute Gasteiger partial charge is 0.382 e.